The molecule has 1 aliphatic heterocycles. The Balaban J connectivity index is 1.72. The lowest BCUT2D eigenvalue weighted by atomic mass is 10.0. The molecule has 2 heterocycles. The first kappa shape index (κ1) is 15.2. The maximum atomic E-state index is 13.8. The highest BCUT2D eigenvalue weighted by Crippen LogP contribution is 2.29. The highest BCUT2D eigenvalue weighted by atomic mass is 19.1. The maximum Gasteiger partial charge on any atom is 0.140 e. The van der Waals surface area contributed by atoms with E-state index in [4.69, 9.17) is 4.42 Å². The molecule has 2 aromatic rings. The molecule has 1 aliphatic rings. The van der Waals surface area contributed by atoms with E-state index in [1.165, 1.54) is 18.2 Å². The van der Waals surface area contributed by atoms with Crippen LogP contribution in [-0.4, -0.2) is 29.2 Å². The van der Waals surface area contributed by atoms with E-state index in [0.29, 0.717) is 12.3 Å². The summed E-state index contributed by atoms with van der Waals surface area (Å²) < 4.78 is 33.1. The van der Waals surface area contributed by atoms with E-state index in [0.717, 1.165) is 19.5 Å². The lowest BCUT2D eigenvalue weighted by Crippen LogP contribution is -2.23. The van der Waals surface area contributed by atoms with Crippen LogP contribution in [0.4, 0.5) is 8.78 Å². The van der Waals surface area contributed by atoms with Crippen LogP contribution in [0.1, 0.15) is 19.1 Å². The predicted molar refractivity (Wildman–Crippen MR) is 79.1 cm³/mol. The van der Waals surface area contributed by atoms with Gasteiger partial charge in [0.25, 0.3) is 0 Å². The first-order valence-corrected chi connectivity index (χ1v) is 7.48. The SMILES string of the molecule is CC(O)C1CCN(Cc2ccc(-c3c(F)cccc3F)o2)C1. The second-order valence-corrected chi connectivity index (χ2v) is 5.89. The average Bonchev–Trinajstić information content (AvgIpc) is 3.09. The van der Waals surface area contributed by atoms with Gasteiger partial charge in [0.1, 0.15) is 23.2 Å². The van der Waals surface area contributed by atoms with Crippen molar-refractivity contribution in [3.63, 3.8) is 0 Å². The van der Waals surface area contributed by atoms with Gasteiger partial charge in [0.05, 0.1) is 18.2 Å². The molecule has 3 rings (SSSR count). The van der Waals surface area contributed by atoms with Crippen molar-refractivity contribution in [2.24, 2.45) is 5.92 Å². The lowest BCUT2D eigenvalue weighted by molar-refractivity contribution is 0.126. The molecule has 0 radical (unpaired) electrons. The van der Waals surface area contributed by atoms with Gasteiger partial charge in [0.2, 0.25) is 0 Å². The van der Waals surface area contributed by atoms with Gasteiger partial charge in [0.15, 0.2) is 0 Å². The summed E-state index contributed by atoms with van der Waals surface area (Å²) in [6.07, 6.45) is 0.636. The zero-order valence-corrected chi connectivity index (χ0v) is 12.4. The molecule has 0 bridgehead atoms. The largest absolute Gasteiger partial charge is 0.460 e. The van der Waals surface area contributed by atoms with Gasteiger partial charge in [-0.15, -0.1) is 0 Å². The van der Waals surface area contributed by atoms with Crippen molar-refractivity contribution in [3.8, 4) is 11.3 Å². The topological polar surface area (TPSA) is 36.6 Å². The van der Waals surface area contributed by atoms with Gasteiger partial charge in [-0.3, -0.25) is 4.90 Å². The Labute approximate surface area is 128 Å². The molecule has 0 saturated carbocycles. The second-order valence-electron chi connectivity index (χ2n) is 5.89. The fraction of sp³-hybridized carbons (Fsp3) is 0.412. The number of hydrogen-bond donors (Lipinski definition) is 1. The minimum absolute atomic E-state index is 0.128. The number of halogens is 2. The van der Waals surface area contributed by atoms with Crippen LogP contribution in [0.25, 0.3) is 11.3 Å². The highest BCUT2D eigenvalue weighted by Gasteiger charge is 2.26. The molecule has 1 N–H and O–H groups in total. The van der Waals surface area contributed by atoms with Gasteiger partial charge in [-0.1, -0.05) is 6.07 Å². The molecule has 0 amide bonds. The van der Waals surface area contributed by atoms with Gasteiger partial charge in [-0.05, 0) is 50.1 Å². The summed E-state index contributed by atoms with van der Waals surface area (Å²) in [6, 6.07) is 7.11. The molecule has 5 heteroatoms. The Bertz CT molecular complexity index is 634. The molecule has 118 valence electrons. The number of benzene rings is 1. The molecule has 1 aromatic carbocycles. The van der Waals surface area contributed by atoms with Crippen LogP contribution in [-0.2, 0) is 6.54 Å². The molecule has 1 saturated heterocycles. The summed E-state index contributed by atoms with van der Waals surface area (Å²) in [5.74, 6) is -0.105. The van der Waals surface area contributed by atoms with E-state index >= 15 is 0 Å². The van der Waals surface area contributed by atoms with Gasteiger partial charge in [0, 0.05) is 6.54 Å². The van der Waals surface area contributed by atoms with Crippen LogP contribution in [0.5, 0.6) is 0 Å². The lowest BCUT2D eigenvalue weighted by Gasteiger charge is -2.15. The zero-order valence-electron chi connectivity index (χ0n) is 12.4. The van der Waals surface area contributed by atoms with Gasteiger partial charge < -0.3 is 9.52 Å². The quantitative estimate of drug-likeness (QED) is 0.940. The normalized spacial score (nSPS) is 20.5. The first-order chi connectivity index (χ1) is 10.5. The Kier molecular flexibility index (Phi) is 4.27. The summed E-state index contributed by atoms with van der Waals surface area (Å²) in [4.78, 5) is 2.18. The fourth-order valence-electron chi connectivity index (χ4n) is 2.95. The van der Waals surface area contributed by atoms with Crippen molar-refractivity contribution in [2.45, 2.75) is 26.0 Å². The van der Waals surface area contributed by atoms with Crippen molar-refractivity contribution in [1.82, 2.24) is 4.90 Å². The monoisotopic (exact) mass is 307 g/mol. The highest BCUT2D eigenvalue weighted by molar-refractivity contribution is 5.59. The number of aliphatic hydroxyl groups excluding tert-OH is 1. The molecular weight excluding hydrogens is 288 g/mol. The van der Waals surface area contributed by atoms with E-state index in [2.05, 4.69) is 4.90 Å². The average molecular weight is 307 g/mol. The van der Waals surface area contributed by atoms with Gasteiger partial charge >= 0.3 is 0 Å². The summed E-state index contributed by atoms with van der Waals surface area (Å²) in [7, 11) is 0. The third kappa shape index (κ3) is 3.05. The zero-order chi connectivity index (χ0) is 15.7. The summed E-state index contributed by atoms with van der Waals surface area (Å²) in [5, 5.41) is 9.62. The smallest absolute Gasteiger partial charge is 0.140 e. The Morgan fingerprint density at radius 3 is 2.64 bits per heavy atom. The Morgan fingerprint density at radius 2 is 2.00 bits per heavy atom. The fourth-order valence-corrected chi connectivity index (χ4v) is 2.95. The van der Waals surface area contributed by atoms with Crippen LogP contribution in [0.15, 0.2) is 34.7 Å². The number of hydrogen-bond acceptors (Lipinski definition) is 3. The molecule has 0 spiro atoms. The molecule has 0 aliphatic carbocycles. The second kappa shape index (κ2) is 6.18. The van der Waals surface area contributed by atoms with E-state index in [1.807, 2.05) is 0 Å². The van der Waals surface area contributed by atoms with Crippen LogP contribution < -0.4 is 0 Å². The summed E-state index contributed by atoms with van der Waals surface area (Å²) >= 11 is 0. The summed E-state index contributed by atoms with van der Waals surface area (Å²) in [5.41, 5.74) is -0.128. The third-order valence-electron chi connectivity index (χ3n) is 4.24. The van der Waals surface area contributed by atoms with Crippen LogP contribution in [0.3, 0.4) is 0 Å². The Hall–Kier alpha value is -1.72. The standard InChI is InChI=1S/C17H19F2NO2/c1-11(21)12-7-8-20(9-12)10-13-5-6-16(22-13)17-14(18)3-2-4-15(17)19/h2-6,11-12,21H,7-10H2,1H3. The molecule has 3 nitrogen and oxygen atoms in total. The van der Waals surface area contributed by atoms with Gasteiger partial charge in [-0.2, -0.15) is 0 Å². The summed E-state index contributed by atoms with van der Waals surface area (Å²) in [6.45, 7) is 4.08. The van der Waals surface area contributed by atoms with Crippen LogP contribution in [0, 0.1) is 17.6 Å². The molecule has 1 aromatic heterocycles. The molecule has 2 unspecified atom stereocenters. The minimum atomic E-state index is -0.628. The molecule has 22 heavy (non-hydrogen) atoms. The van der Waals surface area contributed by atoms with Crippen molar-refractivity contribution < 1.29 is 18.3 Å². The van der Waals surface area contributed by atoms with E-state index < -0.39 is 11.6 Å². The third-order valence-corrected chi connectivity index (χ3v) is 4.24. The minimum Gasteiger partial charge on any atom is -0.460 e. The number of aliphatic hydroxyl groups is 1. The van der Waals surface area contributed by atoms with E-state index in [9.17, 15) is 13.9 Å². The van der Waals surface area contributed by atoms with Crippen LogP contribution in [0.2, 0.25) is 0 Å². The molecule has 1 fully saturated rings. The predicted octanol–water partition coefficient (Wildman–Crippen LogP) is 3.43. The number of rotatable bonds is 4. The maximum absolute atomic E-state index is 13.8. The van der Waals surface area contributed by atoms with Crippen molar-refractivity contribution in [2.75, 3.05) is 13.1 Å². The van der Waals surface area contributed by atoms with E-state index in [-0.39, 0.29) is 23.3 Å². The first-order valence-electron chi connectivity index (χ1n) is 7.48. The van der Waals surface area contributed by atoms with E-state index in [1.54, 1.807) is 19.1 Å². The number of nitrogens with zero attached hydrogens (tertiary/aromatic N) is 1. The number of likely N-dealkylation sites (tertiary alicyclic amines) is 1. The van der Waals surface area contributed by atoms with Gasteiger partial charge in [-0.25, -0.2) is 8.78 Å². The van der Waals surface area contributed by atoms with Crippen molar-refractivity contribution in [3.05, 3.63) is 47.7 Å². The van der Waals surface area contributed by atoms with Crippen molar-refractivity contribution in [1.29, 1.82) is 0 Å². The van der Waals surface area contributed by atoms with Crippen molar-refractivity contribution >= 4 is 0 Å². The molecular formula is C17H19F2NO2. The number of furan rings is 1. The molecule has 2 atom stereocenters. The Morgan fingerprint density at radius 1 is 1.27 bits per heavy atom. The van der Waals surface area contributed by atoms with Crippen LogP contribution >= 0.6 is 0 Å².